The van der Waals surface area contributed by atoms with E-state index in [1.54, 1.807) is 43.5 Å². The molecule has 0 bridgehead atoms. The summed E-state index contributed by atoms with van der Waals surface area (Å²) < 4.78 is 7.88. The predicted octanol–water partition coefficient (Wildman–Crippen LogP) is 1.16. The number of hydrogen-bond acceptors (Lipinski definition) is 4. The molecule has 0 unspecified atom stereocenters. The number of carbonyl (C=O) groups excluding carboxylic acids is 1. The van der Waals surface area contributed by atoms with E-state index in [-0.39, 0.29) is 18.1 Å². The lowest BCUT2D eigenvalue weighted by atomic mass is 10.2. The average Bonchev–Trinajstić information content (AvgIpc) is 2.91. The monoisotopic (exact) mass is 326 g/mol. The summed E-state index contributed by atoms with van der Waals surface area (Å²) in [5.41, 5.74) is 1.09. The standard InChI is InChI=1S/C17H18N4O3/c1-19(11-13-7-3-4-8-14(13)24-2)16(22)12-21-17(23)20-10-6-5-9-15(20)18-21/h3-10H,11-12H2,1-2H3. The number of ether oxygens (including phenoxy) is 1. The zero-order valence-electron chi connectivity index (χ0n) is 13.5. The molecule has 0 radical (unpaired) electrons. The first-order valence-corrected chi connectivity index (χ1v) is 7.50. The smallest absolute Gasteiger partial charge is 0.350 e. The van der Waals surface area contributed by atoms with Crippen molar-refractivity contribution >= 4 is 11.6 Å². The molecule has 0 N–H and O–H groups in total. The topological polar surface area (TPSA) is 68.8 Å². The Bertz CT molecular complexity index is 929. The zero-order valence-corrected chi connectivity index (χ0v) is 13.5. The van der Waals surface area contributed by atoms with Crippen LogP contribution < -0.4 is 10.4 Å². The number of aromatic nitrogens is 3. The number of amides is 1. The van der Waals surface area contributed by atoms with E-state index in [9.17, 15) is 9.59 Å². The molecule has 7 nitrogen and oxygen atoms in total. The molecule has 3 aromatic rings. The van der Waals surface area contributed by atoms with E-state index in [1.165, 1.54) is 9.08 Å². The Labute approximate surface area is 138 Å². The number of para-hydroxylation sites is 1. The van der Waals surface area contributed by atoms with Gasteiger partial charge in [-0.05, 0) is 18.2 Å². The molecular formula is C17H18N4O3. The van der Waals surface area contributed by atoms with Crippen molar-refractivity contribution in [2.45, 2.75) is 13.1 Å². The second-order valence-electron chi connectivity index (χ2n) is 5.43. The first-order valence-electron chi connectivity index (χ1n) is 7.50. The van der Waals surface area contributed by atoms with Crippen LogP contribution in [-0.4, -0.2) is 39.1 Å². The van der Waals surface area contributed by atoms with Gasteiger partial charge in [-0.25, -0.2) is 9.48 Å². The van der Waals surface area contributed by atoms with Gasteiger partial charge in [-0.15, -0.1) is 5.10 Å². The number of nitrogens with zero attached hydrogens (tertiary/aromatic N) is 4. The van der Waals surface area contributed by atoms with Crippen LogP contribution in [-0.2, 0) is 17.9 Å². The number of rotatable bonds is 5. The molecular weight excluding hydrogens is 308 g/mol. The van der Waals surface area contributed by atoms with Crippen LogP contribution in [0.4, 0.5) is 0 Å². The van der Waals surface area contributed by atoms with Gasteiger partial charge in [-0.1, -0.05) is 24.3 Å². The van der Waals surface area contributed by atoms with Gasteiger partial charge in [-0.2, -0.15) is 0 Å². The Morgan fingerprint density at radius 3 is 2.71 bits per heavy atom. The van der Waals surface area contributed by atoms with Crippen molar-refractivity contribution in [1.29, 1.82) is 0 Å². The van der Waals surface area contributed by atoms with Crippen molar-refractivity contribution in [3.05, 3.63) is 64.7 Å². The van der Waals surface area contributed by atoms with Crippen molar-refractivity contribution in [3.8, 4) is 5.75 Å². The van der Waals surface area contributed by atoms with Gasteiger partial charge in [0.1, 0.15) is 12.3 Å². The summed E-state index contributed by atoms with van der Waals surface area (Å²) in [6.45, 7) is 0.289. The molecule has 1 amide bonds. The third-order valence-electron chi connectivity index (χ3n) is 3.80. The molecule has 124 valence electrons. The highest BCUT2D eigenvalue weighted by molar-refractivity contribution is 5.75. The SMILES string of the molecule is COc1ccccc1CN(C)C(=O)Cn1nc2ccccn2c1=O. The molecule has 0 spiro atoms. The highest BCUT2D eigenvalue weighted by Gasteiger charge is 2.15. The molecule has 2 aromatic heterocycles. The molecule has 0 aliphatic carbocycles. The summed E-state index contributed by atoms with van der Waals surface area (Å²) in [5.74, 6) is 0.522. The third kappa shape index (κ3) is 3.01. The van der Waals surface area contributed by atoms with Gasteiger partial charge in [0.2, 0.25) is 5.91 Å². The van der Waals surface area contributed by atoms with Crippen LogP contribution in [0.5, 0.6) is 5.75 Å². The van der Waals surface area contributed by atoms with E-state index in [2.05, 4.69) is 5.10 Å². The van der Waals surface area contributed by atoms with Gasteiger partial charge in [-0.3, -0.25) is 9.20 Å². The third-order valence-corrected chi connectivity index (χ3v) is 3.80. The molecule has 2 heterocycles. The van der Waals surface area contributed by atoms with Crippen LogP contribution in [0, 0.1) is 0 Å². The summed E-state index contributed by atoms with van der Waals surface area (Å²) in [5, 5.41) is 4.17. The van der Waals surface area contributed by atoms with Gasteiger partial charge in [0.05, 0.1) is 7.11 Å². The molecule has 1 aromatic carbocycles. The van der Waals surface area contributed by atoms with Crippen LogP contribution in [0.3, 0.4) is 0 Å². The number of pyridine rings is 1. The van der Waals surface area contributed by atoms with Crippen LogP contribution in [0.25, 0.3) is 5.65 Å². The van der Waals surface area contributed by atoms with E-state index >= 15 is 0 Å². The van der Waals surface area contributed by atoms with Gasteiger partial charge in [0.25, 0.3) is 0 Å². The maximum atomic E-state index is 12.4. The van der Waals surface area contributed by atoms with Gasteiger partial charge < -0.3 is 9.64 Å². The van der Waals surface area contributed by atoms with Crippen molar-refractivity contribution < 1.29 is 9.53 Å². The molecule has 0 aliphatic rings. The summed E-state index contributed by atoms with van der Waals surface area (Å²) in [4.78, 5) is 26.2. The van der Waals surface area contributed by atoms with Crippen molar-refractivity contribution in [1.82, 2.24) is 19.1 Å². The molecule has 0 fully saturated rings. The van der Waals surface area contributed by atoms with Gasteiger partial charge in [0.15, 0.2) is 5.65 Å². The Hall–Kier alpha value is -3.09. The number of likely N-dealkylation sites (N-methyl/N-ethyl adjacent to an activating group) is 1. The summed E-state index contributed by atoms with van der Waals surface area (Å²) in [6.07, 6.45) is 1.63. The molecule has 0 saturated heterocycles. The minimum absolute atomic E-state index is 0.105. The summed E-state index contributed by atoms with van der Waals surface area (Å²) in [7, 11) is 3.28. The fourth-order valence-electron chi connectivity index (χ4n) is 2.50. The minimum atomic E-state index is -0.329. The lowest BCUT2D eigenvalue weighted by Crippen LogP contribution is -2.34. The number of hydrogen-bond donors (Lipinski definition) is 0. The van der Waals surface area contributed by atoms with Crippen molar-refractivity contribution in [3.63, 3.8) is 0 Å². The maximum Gasteiger partial charge on any atom is 0.350 e. The average molecular weight is 326 g/mol. The fraction of sp³-hybridized carbons (Fsp3) is 0.235. The van der Waals surface area contributed by atoms with Crippen LogP contribution in [0.15, 0.2) is 53.5 Å². The zero-order chi connectivity index (χ0) is 17.1. The summed E-state index contributed by atoms with van der Waals surface area (Å²) in [6, 6.07) is 12.8. The van der Waals surface area contributed by atoms with Crippen LogP contribution >= 0.6 is 0 Å². The Morgan fingerprint density at radius 2 is 1.96 bits per heavy atom. The number of carbonyl (C=O) groups is 1. The first kappa shape index (κ1) is 15.8. The maximum absolute atomic E-state index is 12.4. The quantitative estimate of drug-likeness (QED) is 0.706. The minimum Gasteiger partial charge on any atom is -0.496 e. The van der Waals surface area contributed by atoms with E-state index in [1.807, 2.05) is 24.3 Å². The Balaban J connectivity index is 1.76. The van der Waals surface area contributed by atoms with E-state index in [0.29, 0.717) is 12.2 Å². The van der Waals surface area contributed by atoms with Gasteiger partial charge in [0, 0.05) is 25.4 Å². The lowest BCUT2D eigenvalue weighted by Gasteiger charge is -2.18. The van der Waals surface area contributed by atoms with E-state index < -0.39 is 0 Å². The number of benzene rings is 1. The molecule has 24 heavy (non-hydrogen) atoms. The van der Waals surface area contributed by atoms with Crippen molar-refractivity contribution in [2.75, 3.05) is 14.2 Å². The van der Waals surface area contributed by atoms with Gasteiger partial charge >= 0.3 is 5.69 Å². The predicted molar refractivity (Wildman–Crippen MR) is 88.9 cm³/mol. The Morgan fingerprint density at radius 1 is 1.21 bits per heavy atom. The highest BCUT2D eigenvalue weighted by Crippen LogP contribution is 2.18. The van der Waals surface area contributed by atoms with E-state index in [4.69, 9.17) is 4.74 Å². The molecule has 0 saturated carbocycles. The molecule has 3 rings (SSSR count). The lowest BCUT2D eigenvalue weighted by molar-refractivity contribution is -0.131. The number of fused-ring (bicyclic) bond motifs is 1. The molecule has 0 atom stereocenters. The molecule has 0 aliphatic heterocycles. The highest BCUT2D eigenvalue weighted by atomic mass is 16.5. The van der Waals surface area contributed by atoms with Crippen LogP contribution in [0.1, 0.15) is 5.56 Å². The normalized spacial score (nSPS) is 10.8. The fourth-order valence-corrected chi connectivity index (χ4v) is 2.50. The molecule has 7 heteroatoms. The van der Waals surface area contributed by atoms with Crippen molar-refractivity contribution in [2.24, 2.45) is 0 Å². The second kappa shape index (κ2) is 6.57. The van der Waals surface area contributed by atoms with E-state index in [0.717, 1.165) is 11.3 Å². The first-order chi connectivity index (χ1) is 11.6. The number of methoxy groups -OCH3 is 1. The Kier molecular flexibility index (Phi) is 4.33. The van der Waals surface area contributed by atoms with Crippen LogP contribution in [0.2, 0.25) is 0 Å². The summed E-state index contributed by atoms with van der Waals surface area (Å²) >= 11 is 0. The second-order valence-corrected chi connectivity index (χ2v) is 5.43. The largest absolute Gasteiger partial charge is 0.496 e.